The highest BCUT2D eigenvalue weighted by atomic mass is 32.2. The molecule has 3 heterocycles. The molecule has 0 amide bonds. The minimum absolute atomic E-state index is 0.217. The van der Waals surface area contributed by atoms with Gasteiger partial charge in [-0.25, -0.2) is 13.1 Å². The fraction of sp³-hybridized carbons (Fsp3) is 1.00. The van der Waals surface area contributed by atoms with Crippen LogP contribution in [0.1, 0.15) is 12.8 Å². The molecule has 0 saturated carbocycles. The number of sulfonamides is 1. The third-order valence-electron chi connectivity index (χ3n) is 3.70. The minimum Gasteiger partial charge on any atom is -0.304 e. The van der Waals surface area contributed by atoms with Crippen LogP contribution in [-0.2, 0) is 10.0 Å². The summed E-state index contributed by atoms with van der Waals surface area (Å²) >= 11 is 0. The maximum absolute atomic E-state index is 11.1. The second-order valence-corrected chi connectivity index (χ2v) is 7.52. The summed E-state index contributed by atoms with van der Waals surface area (Å²) < 4.78 is 24.8. The first-order valence-electron chi connectivity index (χ1n) is 7.70. The molecule has 0 bridgehead atoms. The molecule has 8 nitrogen and oxygen atoms in total. The first kappa shape index (κ1) is 17.1. The van der Waals surface area contributed by atoms with Crippen molar-refractivity contribution < 1.29 is 8.42 Å². The molecule has 0 atom stereocenters. The molecular formula is C12H28N6O2S. The highest BCUT2D eigenvalue weighted by Gasteiger charge is 2.22. The lowest BCUT2D eigenvalue weighted by Gasteiger charge is -2.34. The van der Waals surface area contributed by atoms with Gasteiger partial charge in [-0.1, -0.05) is 0 Å². The van der Waals surface area contributed by atoms with Crippen LogP contribution in [0.3, 0.4) is 0 Å². The average molecular weight is 320 g/mol. The summed E-state index contributed by atoms with van der Waals surface area (Å²) in [6.07, 6.45) is 2.44. The first-order valence-corrected chi connectivity index (χ1v) is 9.35. The summed E-state index contributed by atoms with van der Waals surface area (Å²) in [5, 5.41) is 9.65. The maximum atomic E-state index is 11.1. The Kier molecular flexibility index (Phi) is 7.30. The van der Waals surface area contributed by atoms with Crippen LogP contribution in [0.25, 0.3) is 0 Å². The Morgan fingerprint density at radius 2 is 1.57 bits per heavy atom. The van der Waals surface area contributed by atoms with E-state index >= 15 is 0 Å². The van der Waals surface area contributed by atoms with Gasteiger partial charge in [-0.3, -0.25) is 9.80 Å². The fourth-order valence-electron chi connectivity index (χ4n) is 2.46. The quantitative estimate of drug-likeness (QED) is 0.464. The van der Waals surface area contributed by atoms with Crippen LogP contribution in [0.2, 0.25) is 0 Å². The lowest BCUT2D eigenvalue weighted by Crippen LogP contribution is -2.53. The monoisotopic (exact) mass is 320 g/mol. The Bertz CT molecular complexity index is 356. The molecule has 3 fully saturated rings. The van der Waals surface area contributed by atoms with E-state index in [-0.39, 0.29) is 5.75 Å². The maximum Gasteiger partial charge on any atom is 0.213 e. The van der Waals surface area contributed by atoms with Gasteiger partial charge >= 0.3 is 0 Å². The van der Waals surface area contributed by atoms with Crippen molar-refractivity contribution in [3.05, 3.63) is 0 Å². The third-order valence-corrected chi connectivity index (χ3v) is 4.99. The number of hydrogen-bond acceptors (Lipinski definition) is 7. The van der Waals surface area contributed by atoms with Crippen molar-refractivity contribution in [2.24, 2.45) is 0 Å². The summed E-state index contributed by atoms with van der Waals surface area (Å²) in [5.74, 6) is 0.217. The normalized spacial score (nSPS) is 27.6. The molecule has 21 heavy (non-hydrogen) atoms. The molecule has 3 aliphatic heterocycles. The van der Waals surface area contributed by atoms with Crippen LogP contribution in [-0.4, -0.2) is 83.4 Å². The Morgan fingerprint density at radius 3 is 2.05 bits per heavy atom. The predicted octanol–water partition coefficient (Wildman–Crippen LogP) is -2.08. The highest BCUT2D eigenvalue weighted by molar-refractivity contribution is 7.89. The van der Waals surface area contributed by atoms with Crippen molar-refractivity contribution in [2.75, 3.05) is 65.2 Å². The molecule has 0 spiro atoms. The van der Waals surface area contributed by atoms with Gasteiger partial charge in [0.15, 0.2) is 0 Å². The van der Waals surface area contributed by atoms with Gasteiger partial charge < -0.3 is 16.0 Å². The summed E-state index contributed by atoms with van der Waals surface area (Å²) in [7, 11) is -2.98. The third kappa shape index (κ3) is 7.00. The standard InChI is InChI=1S/C8H18N4O2S.C4H10N2/c13-15(14)5-4-12(7-10-15)8-11-3-1-2-9-6-11;1-2-5-4-6-3-1/h9-10H,1-8H2;5-6H,1-4H2. The molecule has 3 saturated heterocycles. The predicted molar refractivity (Wildman–Crippen MR) is 83.0 cm³/mol. The fourth-order valence-corrected chi connectivity index (χ4v) is 3.48. The molecule has 124 valence electrons. The second-order valence-electron chi connectivity index (χ2n) is 5.59. The lowest BCUT2D eigenvalue weighted by atomic mass is 10.3. The van der Waals surface area contributed by atoms with E-state index in [0.29, 0.717) is 13.2 Å². The number of hydrogen-bond donors (Lipinski definition) is 4. The zero-order chi connectivity index (χ0) is 15.0. The van der Waals surface area contributed by atoms with Gasteiger partial charge in [0.1, 0.15) is 0 Å². The van der Waals surface area contributed by atoms with Crippen LogP contribution in [0.15, 0.2) is 0 Å². The summed E-state index contributed by atoms with van der Waals surface area (Å²) in [5.41, 5.74) is 0. The summed E-state index contributed by atoms with van der Waals surface area (Å²) in [4.78, 5) is 4.41. The topological polar surface area (TPSA) is 88.7 Å². The largest absolute Gasteiger partial charge is 0.304 e. The molecule has 0 radical (unpaired) electrons. The van der Waals surface area contributed by atoms with Gasteiger partial charge in [0.2, 0.25) is 10.0 Å². The molecular weight excluding hydrogens is 292 g/mol. The SMILES string of the molecule is C1CNCNC1.O=S1(=O)CCN(CN2CCCNC2)CN1. The van der Waals surface area contributed by atoms with E-state index in [1.807, 2.05) is 0 Å². The first-order chi connectivity index (χ1) is 10.2. The zero-order valence-electron chi connectivity index (χ0n) is 12.6. The Labute approximate surface area is 127 Å². The zero-order valence-corrected chi connectivity index (χ0v) is 13.4. The molecule has 4 N–H and O–H groups in total. The van der Waals surface area contributed by atoms with E-state index in [4.69, 9.17) is 0 Å². The average Bonchev–Trinajstić information content (AvgIpc) is 2.53. The minimum atomic E-state index is -2.98. The molecule has 3 rings (SSSR count). The van der Waals surface area contributed by atoms with Crippen molar-refractivity contribution in [3.63, 3.8) is 0 Å². The van der Waals surface area contributed by atoms with Gasteiger partial charge in [-0.05, 0) is 32.5 Å². The van der Waals surface area contributed by atoms with E-state index in [1.165, 1.54) is 25.9 Å². The van der Waals surface area contributed by atoms with Crippen molar-refractivity contribution in [1.29, 1.82) is 0 Å². The number of nitrogens with one attached hydrogen (secondary N) is 4. The van der Waals surface area contributed by atoms with Crippen molar-refractivity contribution in [2.45, 2.75) is 12.8 Å². The van der Waals surface area contributed by atoms with Crippen LogP contribution in [0, 0.1) is 0 Å². The Morgan fingerprint density at radius 1 is 0.857 bits per heavy atom. The lowest BCUT2D eigenvalue weighted by molar-refractivity contribution is 0.106. The van der Waals surface area contributed by atoms with Gasteiger partial charge in [0.05, 0.1) is 19.1 Å². The smallest absolute Gasteiger partial charge is 0.213 e. The Hall–Kier alpha value is -0.290. The summed E-state index contributed by atoms with van der Waals surface area (Å²) in [6.45, 7) is 8.38. The van der Waals surface area contributed by atoms with Gasteiger partial charge in [-0.15, -0.1) is 0 Å². The number of nitrogens with zero attached hydrogens (tertiary/aromatic N) is 2. The summed E-state index contributed by atoms with van der Waals surface area (Å²) in [6, 6.07) is 0. The molecule has 3 aliphatic rings. The Balaban J connectivity index is 0.000000225. The van der Waals surface area contributed by atoms with E-state index in [0.717, 1.165) is 33.1 Å². The molecule has 0 aromatic rings. The van der Waals surface area contributed by atoms with Crippen LogP contribution < -0.4 is 20.7 Å². The molecule has 0 aromatic carbocycles. The van der Waals surface area contributed by atoms with E-state index in [9.17, 15) is 8.42 Å². The highest BCUT2D eigenvalue weighted by Crippen LogP contribution is 2.02. The van der Waals surface area contributed by atoms with E-state index in [2.05, 4.69) is 30.5 Å². The molecule has 9 heteroatoms. The van der Waals surface area contributed by atoms with Crippen LogP contribution in [0.4, 0.5) is 0 Å². The number of rotatable bonds is 2. The van der Waals surface area contributed by atoms with Crippen LogP contribution >= 0.6 is 0 Å². The van der Waals surface area contributed by atoms with Gasteiger partial charge in [0, 0.05) is 26.4 Å². The van der Waals surface area contributed by atoms with Gasteiger partial charge in [0.25, 0.3) is 0 Å². The molecule has 0 aromatic heterocycles. The molecule has 0 aliphatic carbocycles. The van der Waals surface area contributed by atoms with Crippen molar-refractivity contribution in [3.8, 4) is 0 Å². The van der Waals surface area contributed by atoms with E-state index < -0.39 is 10.0 Å². The van der Waals surface area contributed by atoms with Gasteiger partial charge in [-0.2, -0.15) is 0 Å². The van der Waals surface area contributed by atoms with Crippen LogP contribution in [0.5, 0.6) is 0 Å². The van der Waals surface area contributed by atoms with E-state index in [1.54, 1.807) is 0 Å². The van der Waals surface area contributed by atoms with Crippen molar-refractivity contribution in [1.82, 2.24) is 30.5 Å². The van der Waals surface area contributed by atoms with Crippen molar-refractivity contribution >= 4 is 10.0 Å². The second kappa shape index (κ2) is 8.99. The molecule has 0 unspecified atom stereocenters.